The second kappa shape index (κ2) is 10.6. The van der Waals surface area contributed by atoms with Crippen LogP contribution in [-0.2, 0) is 5.54 Å². The minimum Gasteiger partial charge on any atom is -0.327 e. The van der Waals surface area contributed by atoms with Gasteiger partial charge in [0, 0.05) is 45.5 Å². The zero-order chi connectivity index (χ0) is 36.7. The van der Waals surface area contributed by atoms with Crippen LogP contribution in [0.25, 0.3) is 82.8 Å². The van der Waals surface area contributed by atoms with Gasteiger partial charge in [0.1, 0.15) is 5.54 Å². The topological polar surface area (TPSA) is 30.9 Å². The van der Waals surface area contributed by atoms with E-state index in [2.05, 4.69) is 208 Å². The second-order valence-corrected chi connectivity index (χ2v) is 15.2. The monoisotopic (exact) mass is 715 g/mol. The van der Waals surface area contributed by atoms with E-state index in [4.69, 9.17) is 4.98 Å². The van der Waals surface area contributed by atoms with E-state index < -0.39 is 5.54 Å². The van der Waals surface area contributed by atoms with E-state index in [0.717, 1.165) is 34.0 Å². The summed E-state index contributed by atoms with van der Waals surface area (Å²) in [6, 6.07) is 66.8. The highest BCUT2D eigenvalue weighted by Gasteiger charge is 2.53. The molecule has 0 amide bonds. The van der Waals surface area contributed by atoms with Crippen LogP contribution in [0.4, 0.5) is 5.95 Å². The first-order valence-corrected chi connectivity index (χ1v) is 19.3. The van der Waals surface area contributed by atoms with Gasteiger partial charge in [-0.3, -0.25) is 4.57 Å². The number of nitrogens with zero attached hydrogens (tertiary/aromatic N) is 5. The van der Waals surface area contributed by atoms with E-state index in [9.17, 15) is 0 Å². The Balaban J connectivity index is 1.11. The third-order valence-corrected chi connectivity index (χ3v) is 12.6. The molecule has 0 N–H and O–H groups in total. The van der Waals surface area contributed by atoms with Gasteiger partial charge < -0.3 is 14.0 Å². The summed E-state index contributed by atoms with van der Waals surface area (Å²) in [6.07, 6.45) is 0. The number of anilines is 1. The summed E-state index contributed by atoms with van der Waals surface area (Å²) < 4.78 is 7.23. The fraction of sp³-hybridized carbons (Fsp3) is 0.0392. The minimum atomic E-state index is -0.599. The van der Waals surface area contributed by atoms with E-state index in [-0.39, 0.29) is 0 Å². The number of benzene rings is 8. The Morgan fingerprint density at radius 3 is 1.52 bits per heavy atom. The van der Waals surface area contributed by atoms with Crippen molar-refractivity contribution in [2.45, 2.75) is 5.54 Å². The molecule has 4 heterocycles. The Hall–Kier alpha value is -7.37. The minimum absolute atomic E-state index is 0.599. The standard InChI is InChI=1S/C51H33N5/c1-53-50-52-43-21-9-13-25-49(43)56(50)48-29-27-33(31-42(48)51(53)40-19-7-2-14-34(40)35-15-3-8-20-41(35)51)55-46-24-12-6-18-38(46)39-30-32(26-28-47(39)55)54-44-22-10-4-16-36(44)37-17-5-11-23-45(37)54/h2-31H,1H3. The smallest absolute Gasteiger partial charge is 0.212 e. The Bertz CT molecular complexity index is 3370. The molecule has 262 valence electrons. The molecule has 13 rings (SSSR count). The van der Waals surface area contributed by atoms with Gasteiger partial charge >= 0.3 is 0 Å². The van der Waals surface area contributed by atoms with Crippen LogP contribution < -0.4 is 4.90 Å². The van der Waals surface area contributed by atoms with Gasteiger partial charge in [-0.05, 0) is 89.0 Å². The zero-order valence-electron chi connectivity index (χ0n) is 30.6. The van der Waals surface area contributed by atoms with Crippen molar-refractivity contribution in [3.05, 3.63) is 199 Å². The van der Waals surface area contributed by atoms with Crippen molar-refractivity contribution in [2.75, 3.05) is 11.9 Å². The van der Waals surface area contributed by atoms with Gasteiger partial charge in [0.25, 0.3) is 0 Å². The number of para-hydroxylation sites is 5. The first-order valence-electron chi connectivity index (χ1n) is 19.3. The van der Waals surface area contributed by atoms with Crippen LogP contribution in [0.1, 0.15) is 16.7 Å². The number of imidazole rings is 1. The Kier molecular flexibility index (Phi) is 5.71. The van der Waals surface area contributed by atoms with E-state index in [1.54, 1.807) is 0 Å². The lowest BCUT2D eigenvalue weighted by molar-refractivity contribution is 0.577. The Morgan fingerprint density at radius 2 is 0.875 bits per heavy atom. The first kappa shape index (κ1) is 30.0. The molecule has 11 aromatic rings. The number of hydrogen-bond donors (Lipinski definition) is 0. The summed E-state index contributed by atoms with van der Waals surface area (Å²) in [5.74, 6) is 0.937. The Labute approximate surface area is 322 Å². The highest BCUT2D eigenvalue weighted by atomic mass is 15.4. The first-order chi connectivity index (χ1) is 27.7. The van der Waals surface area contributed by atoms with Crippen molar-refractivity contribution < 1.29 is 0 Å². The molecule has 56 heavy (non-hydrogen) atoms. The molecule has 1 aliphatic carbocycles. The van der Waals surface area contributed by atoms with Gasteiger partial charge in [0.15, 0.2) is 0 Å². The SMILES string of the molecule is CN1c2nc3ccccc3n2-c2ccc(-n3c4ccccc4c4cc(-n5c6ccccc6c6ccccc65)ccc43)cc2C12c1ccccc1-c1ccccc12. The lowest BCUT2D eigenvalue weighted by Crippen LogP contribution is -2.49. The Morgan fingerprint density at radius 1 is 0.393 bits per heavy atom. The van der Waals surface area contributed by atoms with Crippen LogP contribution in [0.2, 0.25) is 0 Å². The van der Waals surface area contributed by atoms with Crippen LogP contribution in [0, 0.1) is 0 Å². The molecule has 5 nitrogen and oxygen atoms in total. The molecule has 0 fully saturated rings. The van der Waals surface area contributed by atoms with Crippen LogP contribution in [0.5, 0.6) is 0 Å². The van der Waals surface area contributed by atoms with Gasteiger partial charge in [-0.1, -0.05) is 115 Å². The molecule has 1 spiro atoms. The molecule has 0 saturated heterocycles. The second-order valence-electron chi connectivity index (χ2n) is 15.2. The molecular formula is C51H33N5. The molecule has 8 aromatic carbocycles. The number of fused-ring (bicyclic) bond motifs is 17. The van der Waals surface area contributed by atoms with Crippen LogP contribution in [0.15, 0.2) is 182 Å². The van der Waals surface area contributed by atoms with E-state index in [0.29, 0.717) is 0 Å². The molecule has 0 bridgehead atoms. The fourth-order valence-electron chi connectivity index (χ4n) is 10.4. The maximum atomic E-state index is 5.30. The van der Waals surface area contributed by atoms with Crippen molar-refractivity contribution >= 4 is 60.6 Å². The summed E-state index contributed by atoms with van der Waals surface area (Å²) in [5.41, 5.74) is 16.0. The number of hydrogen-bond acceptors (Lipinski definition) is 2. The summed E-state index contributed by atoms with van der Waals surface area (Å²) in [7, 11) is 2.23. The molecule has 5 heteroatoms. The molecular weight excluding hydrogens is 683 g/mol. The van der Waals surface area contributed by atoms with Crippen molar-refractivity contribution in [3.63, 3.8) is 0 Å². The highest BCUT2D eigenvalue weighted by Crippen LogP contribution is 2.58. The molecule has 0 unspecified atom stereocenters. The van der Waals surface area contributed by atoms with Gasteiger partial charge in [-0.15, -0.1) is 0 Å². The van der Waals surface area contributed by atoms with E-state index >= 15 is 0 Å². The maximum absolute atomic E-state index is 5.30. The van der Waals surface area contributed by atoms with Crippen LogP contribution >= 0.6 is 0 Å². The third kappa shape index (κ3) is 3.58. The lowest BCUT2D eigenvalue weighted by Gasteiger charge is -2.46. The van der Waals surface area contributed by atoms with Crippen molar-refractivity contribution in [2.24, 2.45) is 0 Å². The zero-order valence-corrected chi connectivity index (χ0v) is 30.6. The van der Waals surface area contributed by atoms with E-state index in [1.807, 2.05) is 0 Å². The lowest BCUT2D eigenvalue weighted by atomic mass is 9.77. The molecule has 0 atom stereocenters. The molecule has 2 aliphatic rings. The van der Waals surface area contributed by atoms with Crippen LogP contribution in [-0.4, -0.2) is 25.7 Å². The number of aromatic nitrogens is 4. The summed E-state index contributed by atoms with van der Waals surface area (Å²) in [6.45, 7) is 0. The summed E-state index contributed by atoms with van der Waals surface area (Å²) in [5, 5.41) is 4.99. The fourth-order valence-corrected chi connectivity index (χ4v) is 10.4. The van der Waals surface area contributed by atoms with Crippen molar-refractivity contribution in [1.82, 2.24) is 18.7 Å². The molecule has 3 aromatic heterocycles. The molecule has 1 aliphatic heterocycles. The number of rotatable bonds is 2. The average molecular weight is 716 g/mol. The summed E-state index contributed by atoms with van der Waals surface area (Å²) in [4.78, 5) is 7.73. The predicted octanol–water partition coefficient (Wildman–Crippen LogP) is 11.9. The quantitative estimate of drug-likeness (QED) is 0.178. The van der Waals surface area contributed by atoms with Crippen molar-refractivity contribution in [1.29, 1.82) is 0 Å². The normalized spacial score (nSPS) is 13.9. The largest absolute Gasteiger partial charge is 0.327 e. The predicted molar refractivity (Wildman–Crippen MR) is 230 cm³/mol. The van der Waals surface area contributed by atoms with Crippen LogP contribution in [0.3, 0.4) is 0 Å². The van der Waals surface area contributed by atoms with Crippen molar-refractivity contribution in [3.8, 4) is 28.2 Å². The van der Waals surface area contributed by atoms with Gasteiger partial charge in [0.2, 0.25) is 5.95 Å². The average Bonchev–Trinajstić information content (AvgIpc) is 3.99. The summed E-state index contributed by atoms with van der Waals surface area (Å²) >= 11 is 0. The molecule has 0 radical (unpaired) electrons. The third-order valence-electron chi connectivity index (χ3n) is 12.6. The van der Waals surface area contributed by atoms with E-state index in [1.165, 1.54) is 71.4 Å². The van der Waals surface area contributed by atoms with Gasteiger partial charge in [0.05, 0.1) is 38.8 Å². The highest BCUT2D eigenvalue weighted by molar-refractivity contribution is 6.12. The molecule has 0 saturated carbocycles. The van der Waals surface area contributed by atoms with Gasteiger partial charge in [-0.2, -0.15) is 0 Å². The maximum Gasteiger partial charge on any atom is 0.212 e. The van der Waals surface area contributed by atoms with Gasteiger partial charge in [-0.25, -0.2) is 4.98 Å².